The third-order valence-corrected chi connectivity index (χ3v) is 4.61. The third kappa shape index (κ3) is 3.54. The van der Waals surface area contributed by atoms with Crippen molar-refractivity contribution in [1.29, 1.82) is 0 Å². The maximum Gasteiger partial charge on any atom is 0.328 e. The Morgan fingerprint density at radius 2 is 1.87 bits per heavy atom. The van der Waals surface area contributed by atoms with E-state index in [1.165, 1.54) is 5.01 Å². The van der Waals surface area contributed by atoms with Crippen molar-refractivity contribution >= 4 is 11.9 Å². The molecule has 2 atom stereocenters. The van der Waals surface area contributed by atoms with Crippen LogP contribution in [0.1, 0.15) is 31.2 Å². The Morgan fingerprint density at radius 3 is 2.57 bits per heavy atom. The van der Waals surface area contributed by atoms with E-state index in [1.807, 2.05) is 35.3 Å². The van der Waals surface area contributed by atoms with Crippen molar-refractivity contribution in [3.8, 4) is 0 Å². The highest BCUT2D eigenvalue weighted by molar-refractivity contribution is 5.87. The first-order valence-electron chi connectivity index (χ1n) is 8.25. The van der Waals surface area contributed by atoms with Crippen LogP contribution >= 0.6 is 0 Å². The average molecular weight is 317 g/mol. The number of carbonyl (C=O) groups is 2. The molecule has 23 heavy (non-hydrogen) atoms. The first kappa shape index (κ1) is 16.0. The van der Waals surface area contributed by atoms with Crippen LogP contribution in [0.3, 0.4) is 0 Å². The maximum absolute atomic E-state index is 12.9. The topological polar surface area (TPSA) is 72.9 Å². The van der Waals surface area contributed by atoms with Crippen LogP contribution in [0.4, 0.5) is 0 Å². The van der Waals surface area contributed by atoms with E-state index in [1.54, 1.807) is 0 Å². The molecule has 0 bridgehead atoms. The summed E-state index contributed by atoms with van der Waals surface area (Å²) in [5.41, 5.74) is 1.12. The lowest BCUT2D eigenvalue weighted by atomic mass is 10.1. The number of carboxylic acids is 1. The second-order valence-electron chi connectivity index (χ2n) is 6.19. The largest absolute Gasteiger partial charge is 0.480 e. The number of amides is 1. The van der Waals surface area contributed by atoms with Gasteiger partial charge in [0.2, 0.25) is 0 Å². The van der Waals surface area contributed by atoms with Crippen LogP contribution in [-0.4, -0.2) is 52.2 Å². The minimum absolute atomic E-state index is 0.106. The number of aliphatic carboxylic acids is 1. The molecule has 2 saturated heterocycles. The zero-order valence-corrected chi connectivity index (χ0v) is 13.1. The molecule has 0 saturated carbocycles. The highest BCUT2D eigenvalue weighted by Crippen LogP contribution is 2.24. The standard InChI is InChI=1S/C17H23N3O3/c21-16-14(18-12-13-6-2-1-3-7-13)8-4-10-19-11-5-9-15(17(22)23)20(16)19/h1-3,6-7,14-15,18H,4-5,8-12H2,(H,22,23)/t14-,15-/m0/s1. The van der Waals surface area contributed by atoms with E-state index in [4.69, 9.17) is 0 Å². The number of fused-ring (bicyclic) bond motifs is 1. The minimum Gasteiger partial charge on any atom is -0.480 e. The van der Waals surface area contributed by atoms with Crippen LogP contribution < -0.4 is 5.32 Å². The Morgan fingerprint density at radius 1 is 1.17 bits per heavy atom. The Hall–Kier alpha value is -1.92. The van der Waals surface area contributed by atoms with Crippen LogP contribution in [0.15, 0.2) is 30.3 Å². The van der Waals surface area contributed by atoms with Crippen LogP contribution in [0, 0.1) is 0 Å². The molecule has 0 radical (unpaired) electrons. The zero-order valence-electron chi connectivity index (χ0n) is 13.1. The van der Waals surface area contributed by atoms with Gasteiger partial charge in [0.15, 0.2) is 0 Å². The van der Waals surface area contributed by atoms with Gasteiger partial charge in [-0.2, -0.15) is 0 Å². The second kappa shape index (κ2) is 7.10. The second-order valence-corrected chi connectivity index (χ2v) is 6.19. The van der Waals surface area contributed by atoms with Crippen molar-refractivity contribution in [2.24, 2.45) is 0 Å². The number of hydrazine groups is 1. The predicted molar refractivity (Wildman–Crippen MR) is 85.4 cm³/mol. The Labute approximate surface area is 136 Å². The van der Waals surface area contributed by atoms with E-state index < -0.39 is 12.0 Å². The molecule has 2 aliphatic heterocycles. The van der Waals surface area contributed by atoms with Crippen molar-refractivity contribution in [3.05, 3.63) is 35.9 Å². The van der Waals surface area contributed by atoms with Gasteiger partial charge in [-0.05, 0) is 31.2 Å². The molecule has 2 heterocycles. The summed E-state index contributed by atoms with van der Waals surface area (Å²) < 4.78 is 0. The fourth-order valence-electron chi connectivity index (χ4n) is 3.42. The van der Waals surface area contributed by atoms with Crippen molar-refractivity contribution in [1.82, 2.24) is 15.3 Å². The normalized spacial score (nSPS) is 25.7. The molecule has 0 unspecified atom stereocenters. The minimum atomic E-state index is -0.910. The lowest BCUT2D eigenvalue weighted by Gasteiger charge is -2.42. The summed E-state index contributed by atoms with van der Waals surface area (Å²) in [5.74, 6) is -1.02. The fourth-order valence-corrected chi connectivity index (χ4v) is 3.42. The fraction of sp³-hybridized carbons (Fsp3) is 0.529. The summed E-state index contributed by atoms with van der Waals surface area (Å²) in [7, 11) is 0. The number of hydrogen-bond donors (Lipinski definition) is 2. The van der Waals surface area contributed by atoms with Crippen molar-refractivity contribution in [2.45, 2.75) is 44.3 Å². The van der Waals surface area contributed by atoms with Gasteiger partial charge in [0.05, 0.1) is 6.04 Å². The first-order chi connectivity index (χ1) is 11.2. The van der Waals surface area contributed by atoms with Crippen molar-refractivity contribution in [2.75, 3.05) is 13.1 Å². The molecule has 0 aromatic heterocycles. The molecule has 0 aliphatic carbocycles. The summed E-state index contributed by atoms with van der Waals surface area (Å²) in [4.78, 5) is 24.4. The van der Waals surface area contributed by atoms with Gasteiger partial charge in [-0.25, -0.2) is 9.80 Å². The lowest BCUT2D eigenvalue weighted by Crippen LogP contribution is -2.60. The molecule has 1 aromatic rings. The van der Waals surface area contributed by atoms with Crippen LogP contribution in [0.5, 0.6) is 0 Å². The first-order valence-corrected chi connectivity index (χ1v) is 8.25. The maximum atomic E-state index is 12.9. The van der Waals surface area contributed by atoms with E-state index in [9.17, 15) is 14.7 Å². The molecule has 3 rings (SSSR count). The Bertz CT molecular complexity index is 563. The molecule has 1 amide bonds. The third-order valence-electron chi connectivity index (χ3n) is 4.61. The van der Waals surface area contributed by atoms with Gasteiger partial charge < -0.3 is 10.4 Å². The molecule has 0 spiro atoms. The van der Waals surface area contributed by atoms with Crippen molar-refractivity contribution in [3.63, 3.8) is 0 Å². The van der Waals surface area contributed by atoms with Crippen molar-refractivity contribution < 1.29 is 14.7 Å². The van der Waals surface area contributed by atoms with Crippen LogP contribution in [0.2, 0.25) is 0 Å². The molecule has 1 aromatic carbocycles. The van der Waals surface area contributed by atoms with E-state index in [0.29, 0.717) is 13.0 Å². The smallest absolute Gasteiger partial charge is 0.328 e. The highest BCUT2D eigenvalue weighted by Gasteiger charge is 2.41. The number of nitrogens with zero attached hydrogens (tertiary/aromatic N) is 2. The molecular formula is C17H23N3O3. The zero-order chi connectivity index (χ0) is 16.2. The lowest BCUT2D eigenvalue weighted by molar-refractivity contribution is -0.174. The number of benzene rings is 1. The molecule has 124 valence electrons. The predicted octanol–water partition coefficient (Wildman–Crippen LogP) is 1.23. The Balaban J connectivity index is 1.72. The van der Waals surface area contributed by atoms with Gasteiger partial charge in [-0.3, -0.25) is 9.80 Å². The van der Waals surface area contributed by atoms with Gasteiger partial charge in [0.1, 0.15) is 6.04 Å². The summed E-state index contributed by atoms with van der Waals surface area (Å²) in [6.45, 7) is 2.13. The molecule has 2 N–H and O–H groups in total. The summed E-state index contributed by atoms with van der Waals surface area (Å²) >= 11 is 0. The average Bonchev–Trinajstić information content (AvgIpc) is 2.73. The summed E-state index contributed by atoms with van der Waals surface area (Å²) in [6.07, 6.45) is 2.98. The molecule has 6 nitrogen and oxygen atoms in total. The van der Waals surface area contributed by atoms with Gasteiger partial charge in [0, 0.05) is 19.6 Å². The molecule has 2 fully saturated rings. The van der Waals surface area contributed by atoms with E-state index >= 15 is 0 Å². The monoisotopic (exact) mass is 317 g/mol. The van der Waals surface area contributed by atoms with Gasteiger partial charge in [0.25, 0.3) is 5.91 Å². The quantitative estimate of drug-likeness (QED) is 0.874. The summed E-state index contributed by atoms with van der Waals surface area (Å²) in [6, 6.07) is 8.89. The number of rotatable bonds is 4. The number of carboxylic acid groups (broad SMARTS) is 1. The summed E-state index contributed by atoms with van der Waals surface area (Å²) in [5, 5.41) is 16.2. The molecule has 6 heteroatoms. The molecular weight excluding hydrogens is 294 g/mol. The van der Waals surface area contributed by atoms with Crippen LogP contribution in [0.25, 0.3) is 0 Å². The highest BCUT2D eigenvalue weighted by atomic mass is 16.4. The van der Waals surface area contributed by atoms with E-state index in [-0.39, 0.29) is 11.9 Å². The van der Waals surface area contributed by atoms with Gasteiger partial charge in [-0.1, -0.05) is 30.3 Å². The van der Waals surface area contributed by atoms with Gasteiger partial charge in [-0.15, -0.1) is 0 Å². The van der Waals surface area contributed by atoms with Gasteiger partial charge >= 0.3 is 5.97 Å². The van der Waals surface area contributed by atoms with E-state index in [0.717, 1.165) is 37.9 Å². The number of nitrogens with one attached hydrogen (secondary N) is 1. The number of hydrogen-bond acceptors (Lipinski definition) is 4. The van der Waals surface area contributed by atoms with E-state index in [2.05, 4.69) is 5.32 Å². The van der Waals surface area contributed by atoms with Crippen LogP contribution in [-0.2, 0) is 16.1 Å². The Kier molecular flexibility index (Phi) is 4.93. The number of carbonyl (C=O) groups excluding carboxylic acids is 1. The molecule has 2 aliphatic rings. The SMILES string of the molecule is O=C(O)[C@@H]1CCCN2CCC[C@H](NCc3ccccc3)C(=O)N12.